The normalized spacial score (nSPS) is 19.1. The van der Waals surface area contributed by atoms with Crippen LogP contribution in [0.1, 0.15) is 23.6 Å². The van der Waals surface area contributed by atoms with Crippen LogP contribution >= 0.6 is 0 Å². The van der Waals surface area contributed by atoms with E-state index in [0.29, 0.717) is 17.9 Å². The molecule has 0 saturated heterocycles. The molecule has 0 bridgehead atoms. The zero-order chi connectivity index (χ0) is 10.8. The van der Waals surface area contributed by atoms with E-state index in [1.807, 2.05) is 12.1 Å². The third-order valence-corrected chi connectivity index (χ3v) is 2.54. The Labute approximate surface area is 87.7 Å². The molecule has 3 N–H and O–H groups in total. The van der Waals surface area contributed by atoms with Crippen molar-refractivity contribution in [3.8, 4) is 5.75 Å². The van der Waals surface area contributed by atoms with Crippen molar-refractivity contribution >= 4 is 5.97 Å². The highest BCUT2D eigenvalue weighted by Crippen LogP contribution is 2.33. The molecule has 0 fully saturated rings. The van der Waals surface area contributed by atoms with Crippen molar-refractivity contribution in [2.24, 2.45) is 5.73 Å². The maximum absolute atomic E-state index is 10.6. The van der Waals surface area contributed by atoms with Crippen molar-refractivity contribution in [1.29, 1.82) is 0 Å². The first-order valence-corrected chi connectivity index (χ1v) is 4.90. The topological polar surface area (TPSA) is 72.5 Å². The number of aliphatic carboxylic acids is 1. The smallest absolute Gasteiger partial charge is 0.307 e. The number of carboxylic acids is 1. The Hall–Kier alpha value is -1.55. The third kappa shape index (κ3) is 1.94. The molecule has 0 amide bonds. The van der Waals surface area contributed by atoms with Gasteiger partial charge in [0.25, 0.3) is 0 Å². The Morgan fingerprint density at radius 3 is 3.13 bits per heavy atom. The molecule has 4 nitrogen and oxygen atoms in total. The summed E-state index contributed by atoms with van der Waals surface area (Å²) >= 11 is 0. The standard InChI is InChI=1S/C11H13NO3/c12-9-4-5-15-11-7(6-10(13)14)2-1-3-8(9)11/h1-3,9H,4-6,12H2,(H,13,14)/t9-/m0/s1. The molecule has 0 saturated carbocycles. The molecule has 1 aliphatic heterocycles. The van der Waals surface area contributed by atoms with E-state index in [4.69, 9.17) is 15.6 Å². The number of nitrogens with two attached hydrogens (primary N) is 1. The lowest BCUT2D eigenvalue weighted by atomic mass is 9.97. The first-order chi connectivity index (χ1) is 7.18. The summed E-state index contributed by atoms with van der Waals surface area (Å²) < 4.78 is 5.48. The van der Waals surface area contributed by atoms with Gasteiger partial charge in [-0.3, -0.25) is 4.79 Å². The number of carboxylic acid groups (broad SMARTS) is 1. The second-order valence-electron chi connectivity index (χ2n) is 3.65. The second kappa shape index (κ2) is 3.90. The van der Waals surface area contributed by atoms with Gasteiger partial charge in [-0.2, -0.15) is 0 Å². The highest BCUT2D eigenvalue weighted by molar-refractivity contribution is 5.71. The summed E-state index contributed by atoms with van der Waals surface area (Å²) in [6.07, 6.45) is 0.763. The van der Waals surface area contributed by atoms with Gasteiger partial charge < -0.3 is 15.6 Å². The predicted molar refractivity (Wildman–Crippen MR) is 54.8 cm³/mol. The summed E-state index contributed by atoms with van der Waals surface area (Å²) in [5.41, 5.74) is 7.54. The van der Waals surface area contributed by atoms with Crippen molar-refractivity contribution in [2.75, 3.05) is 6.61 Å². The van der Waals surface area contributed by atoms with E-state index in [1.54, 1.807) is 6.07 Å². The quantitative estimate of drug-likeness (QED) is 0.761. The van der Waals surface area contributed by atoms with Crippen molar-refractivity contribution in [1.82, 2.24) is 0 Å². The second-order valence-corrected chi connectivity index (χ2v) is 3.65. The van der Waals surface area contributed by atoms with Crippen molar-refractivity contribution in [3.05, 3.63) is 29.3 Å². The Kier molecular flexibility index (Phi) is 2.60. The summed E-state index contributed by atoms with van der Waals surface area (Å²) in [6, 6.07) is 5.45. The number of benzene rings is 1. The lowest BCUT2D eigenvalue weighted by Gasteiger charge is -2.24. The molecule has 2 rings (SSSR count). The van der Waals surface area contributed by atoms with Crippen LogP contribution in [0.25, 0.3) is 0 Å². The molecule has 1 heterocycles. The van der Waals surface area contributed by atoms with Crippen LogP contribution < -0.4 is 10.5 Å². The van der Waals surface area contributed by atoms with Crippen LogP contribution in [0.5, 0.6) is 5.75 Å². The highest BCUT2D eigenvalue weighted by Gasteiger charge is 2.21. The number of para-hydroxylation sites is 1. The molecule has 80 valence electrons. The van der Waals surface area contributed by atoms with Crippen LogP contribution in [0.3, 0.4) is 0 Å². The molecule has 0 spiro atoms. The van der Waals surface area contributed by atoms with Gasteiger partial charge in [-0.05, 0) is 0 Å². The van der Waals surface area contributed by atoms with Crippen LogP contribution in [0, 0.1) is 0 Å². The molecule has 4 heteroatoms. The Morgan fingerprint density at radius 2 is 2.40 bits per heavy atom. The number of hydrogen-bond acceptors (Lipinski definition) is 3. The minimum Gasteiger partial charge on any atom is -0.493 e. The zero-order valence-corrected chi connectivity index (χ0v) is 8.27. The molecule has 0 aromatic heterocycles. The Morgan fingerprint density at radius 1 is 1.60 bits per heavy atom. The van der Waals surface area contributed by atoms with Gasteiger partial charge in [0.2, 0.25) is 0 Å². The fraction of sp³-hybridized carbons (Fsp3) is 0.364. The first kappa shape index (κ1) is 9.98. The molecule has 15 heavy (non-hydrogen) atoms. The van der Waals surface area contributed by atoms with Gasteiger partial charge in [0, 0.05) is 23.6 Å². The molecule has 1 atom stereocenters. The maximum Gasteiger partial charge on any atom is 0.307 e. The van der Waals surface area contributed by atoms with E-state index >= 15 is 0 Å². The lowest BCUT2D eigenvalue weighted by molar-refractivity contribution is -0.136. The maximum atomic E-state index is 10.6. The third-order valence-electron chi connectivity index (χ3n) is 2.54. The molecule has 0 radical (unpaired) electrons. The van der Waals surface area contributed by atoms with Crippen LogP contribution in [0.15, 0.2) is 18.2 Å². The van der Waals surface area contributed by atoms with Gasteiger partial charge in [0.1, 0.15) is 5.75 Å². The molecule has 0 unspecified atom stereocenters. The average molecular weight is 207 g/mol. The number of carbonyl (C=O) groups is 1. The number of rotatable bonds is 2. The Bertz CT molecular complexity index is 389. The SMILES string of the molecule is N[C@H]1CCOc2c(CC(=O)O)cccc21. The van der Waals surface area contributed by atoms with Gasteiger partial charge in [-0.1, -0.05) is 18.2 Å². The van der Waals surface area contributed by atoms with Crippen LogP contribution in [-0.4, -0.2) is 17.7 Å². The Balaban J connectivity index is 2.40. The van der Waals surface area contributed by atoms with E-state index in [2.05, 4.69) is 0 Å². The van der Waals surface area contributed by atoms with E-state index in [9.17, 15) is 4.79 Å². The predicted octanol–water partition coefficient (Wildman–Crippen LogP) is 1.10. The summed E-state index contributed by atoms with van der Waals surface area (Å²) in [5.74, 6) is -0.190. The average Bonchev–Trinajstić information content (AvgIpc) is 2.19. The number of ether oxygens (including phenoxy) is 1. The largest absolute Gasteiger partial charge is 0.493 e. The highest BCUT2D eigenvalue weighted by atomic mass is 16.5. The fourth-order valence-electron chi connectivity index (χ4n) is 1.82. The zero-order valence-electron chi connectivity index (χ0n) is 8.27. The summed E-state index contributed by atoms with van der Waals surface area (Å²) in [6.45, 7) is 0.560. The van der Waals surface area contributed by atoms with Gasteiger partial charge in [0.05, 0.1) is 13.0 Å². The van der Waals surface area contributed by atoms with Crippen molar-refractivity contribution < 1.29 is 14.6 Å². The van der Waals surface area contributed by atoms with Gasteiger partial charge in [-0.25, -0.2) is 0 Å². The van der Waals surface area contributed by atoms with E-state index in [-0.39, 0.29) is 12.5 Å². The van der Waals surface area contributed by atoms with Gasteiger partial charge in [0.15, 0.2) is 0 Å². The number of fused-ring (bicyclic) bond motifs is 1. The fourth-order valence-corrected chi connectivity index (χ4v) is 1.82. The van der Waals surface area contributed by atoms with Crippen molar-refractivity contribution in [3.63, 3.8) is 0 Å². The van der Waals surface area contributed by atoms with Gasteiger partial charge >= 0.3 is 5.97 Å². The molecular formula is C11H13NO3. The molecule has 1 aromatic rings. The van der Waals surface area contributed by atoms with Crippen LogP contribution in [-0.2, 0) is 11.2 Å². The summed E-state index contributed by atoms with van der Waals surface area (Å²) in [4.78, 5) is 10.6. The van der Waals surface area contributed by atoms with Gasteiger partial charge in [-0.15, -0.1) is 0 Å². The molecular weight excluding hydrogens is 194 g/mol. The van der Waals surface area contributed by atoms with E-state index in [1.165, 1.54) is 0 Å². The lowest BCUT2D eigenvalue weighted by Crippen LogP contribution is -2.21. The van der Waals surface area contributed by atoms with Crippen LogP contribution in [0.4, 0.5) is 0 Å². The summed E-state index contributed by atoms with van der Waals surface area (Å²) in [5, 5.41) is 8.75. The first-order valence-electron chi connectivity index (χ1n) is 4.90. The minimum atomic E-state index is -0.855. The monoisotopic (exact) mass is 207 g/mol. The van der Waals surface area contributed by atoms with E-state index in [0.717, 1.165) is 12.0 Å². The molecule has 1 aromatic carbocycles. The number of hydrogen-bond donors (Lipinski definition) is 2. The van der Waals surface area contributed by atoms with Crippen LogP contribution in [0.2, 0.25) is 0 Å². The van der Waals surface area contributed by atoms with Crippen molar-refractivity contribution in [2.45, 2.75) is 18.9 Å². The summed E-state index contributed by atoms with van der Waals surface area (Å²) in [7, 11) is 0. The molecule has 1 aliphatic rings. The molecule has 0 aliphatic carbocycles. The minimum absolute atomic E-state index is 0.0180. The van der Waals surface area contributed by atoms with E-state index < -0.39 is 5.97 Å².